The third-order valence-corrected chi connectivity index (χ3v) is 7.04. The van der Waals surface area contributed by atoms with Crippen molar-refractivity contribution in [2.45, 2.75) is 38.5 Å². The van der Waals surface area contributed by atoms with Gasteiger partial charge in [0.05, 0.1) is 10.8 Å². The van der Waals surface area contributed by atoms with Crippen molar-refractivity contribution in [1.82, 2.24) is 4.31 Å². The molecule has 1 aliphatic rings. The smallest absolute Gasteiger partial charge is 0.243 e. The van der Waals surface area contributed by atoms with Crippen LogP contribution in [0.25, 0.3) is 0 Å². The maximum Gasteiger partial charge on any atom is 0.243 e. The number of anilines is 1. The Kier molecular flexibility index (Phi) is 5.67. The first-order chi connectivity index (χ1) is 12.8. The largest absolute Gasteiger partial charge is 0.326 e. The van der Waals surface area contributed by atoms with Crippen LogP contribution in [0.2, 0.25) is 0 Å². The minimum Gasteiger partial charge on any atom is -0.326 e. The molecule has 0 radical (unpaired) electrons. The zero-order chi connectivity index (χ0) is 19.6. The van der Waals surface area contributed by atoms with Crippen molar-refractivity contribution in [3.05, 3.63) is 59.2 Å². The first-order valence-corrected chi connectivity index (χ1v) is 10.7. The molecule has 5 nitrogen and oxygen atoms in total. The van der Waals surface area contributed by atoms with E-state index in [9.17, 15) is 13.2 Å². The van der Waals surface area contributed by atoms with Crippen LogP contribution in [0.3, 0.4) is 0 Å². The SMILES string of the molecule is Cc1ccc(NC(=O)C2CCCN(S(=O)(=O)c3cc(C)ccc3C)C2)cc1. The van der Waals surface area contributed by atoms with E-state index in [1.54, 1.807) is 13.0 Å². The van der Waals surface area contributed by atoms with Crippen molar-refractivity contribution in [2.75, 3.05) is 18.4 Å². The fraction of sp³-hybridized carbons (Fsp3) is 0.381. The summed E-state index contributed by atoms with van der Waals surface area (Å²) in [4.78, 5) is 13.0. The number of hydrogen-bond donors (Lipinski definition) is 1. The molecule has 0 saturated carbocycles. The molecule has 0 aliphatic carbocycles. The van der Waals surface area contributed by atoms with E-state index in [1.807, 2.05) is 50.2 Å². The molecule has 0 aromatic heterocycles. The number of amides is 1. The second kappa shape index (κ2) is 7.82. The van der Waals surface area contributed by atoms with E-state index >= 15 is 0 Å². The van der Waals surface area contributed by atoms with Crippen molar-refractivity contribution >= 4 is 21.6 Å². The number of hydrogen-bond acceptors (Lipinski definition) is 3. The second-order valence-corrected chi connectivity index (χ2v) is 9.23. The van der Waals surface area contributed by atoms with Gasteiger partial charge in [-0.2, -0.15) is 4.31 Å². The fourth-order valence-corrected chi connectivity index (χ4v) is 5.21. The average Bonchev–Trinajstić information content (AvgIpc) is 2.65. The molecule has 2 aromatic rings. The normalized spacial score (nSPS) is 18.3. The number of piperidine rings is 1. The monoisotopic (exact) mass is 386 g/mol. The lowest BCUT2D eigenvalue weighted by molar-refractivity contribution is -0.120. The van der Waals surface area contributed by atoms with Gasteiger partial charge in [0.15, 0.2) is 0 Å². The minimum atomic E-state index is -3.61. The molecule has 144 valence electrons. The Morgan fingerprint density at radius 1 is 1.04 bits per heavy atom. The maximum atomic E-state index is 13.1. The first-order valence-electron chi connectivity index (χ1n) is 9.22. The molecule has 1 aliphatic heterocycles. The van der Waals surface area contributed by atoms with Gasteiger partial charge in [-0.15, -0.1) is 0 Å². The van der Waals surface area contributed by atoms with E-state index in [0.717, 1.165) is 22.4 Å². The number of aryl methyl sites for hydroxylation is 3. The van der Waals surface area contributed by atoms with E-state index in [2.05, 4.69) is 5.32 Å². The Labute approximate surface area is 161 Å². The molecular formula is C21H26N2O3S. The third kappa shape index (κ3) is 4.39. The first kappa shape index (κ1) is 19.6. The number of sulfonamides is 1. The highest BCUT2D eigenvalue weighted by Crippen LogP contribution is 2.27. The summed E-state index contributed by atoms with van der Waals surface area (Å²) in [6, 6.07) is 13.0. The van der Waals surface area contributed by atoms with Crippen LogP contribution in [0.15, 0.2) is 47.4 Å². The van der Waals surface area contributed by atoms with Crippen molar-refractivity contribution < 1.29 is 13.2 Å². The van der Waals surface area contributed by atoms with Crippen molar-refractivity contribution in [3.8, 4) is 0 Å². The summed E-state index contributed by atoms with van der Waals surface area (Å²) >= 11 is 0. The van der Waals surface area contributed by atoms with Crippen LogP contribution in [0.4, 0.5) is 5.69 Å². The summed E-state index contributed by atoms with van der Waals surface area (Å²) in [5.41, 5.74) is 3.49. The molecule has 1 unspecified atom stereocenters. The quantitative estimate of drug-likeness (QED) is 0.872. The molecule has 0 bridgehead atoms. The van der Waals surface area contributed by atoms with Crippen LogP contribution in [0, 0.1) is 26.7 Å². The van der Waals surface area contributed by atoms with Gasteiger partial charge in [-0.1, -0.05) is 29.8 Å². The highest BCUT2D eigenvalue weighted by molar-refractivity contribution is 7.89. The standard InChI is InChI=1S/C21H26N2O3S/c1-15-7-10-19(11-8-15)22-21(24)18-5-4-12-23(14-18)27(25,26)20-13-16(2)6-9-17(20)3/h6-11,13,18H,4-5,12,14H2,1-3H3,(H,22,24). The van der Waals surface area contributed by atoms with Crippen LogP contribution in [0.1, 0.15) is 29.5 Å². The van der Waals surface area contributed by atoms with Gasteiger partial charge in [0.25, 0.3) is 0 Å². The highest BCUT2D eigenvalue weighted by atomic mass is 32.2. The van der Waals surface area contributed by atoms with E-state index in [1.165, 1.54) is 4.31 Å². The molecule has 2 aromatic carbocycles. The lowest BCUT2D eigenvalue weighted by Gasteiger charge is -2.31. The summed E-state index contributed by atoms with van der Waals surface area (Å²) < 4.78 is 27.7. The molecule has 3 rings (SSSR count). The second-order valence-electron chi connectivity index (χ2n) is 7.33. The topological polar surface area (TPSA) is 66.5 Å². The lowest BCUT2D eigenvalue weighted by atomic mass is 9.98. The number of carbonyl (C=O) groups excluding carboxylic acids is 1. The number of rotatable bonds is 4. The van der Waals surface area contributed by atoms with Crippen LogP contribution < -0.4 is 5.32 Å². The molecule has 0 spiro atoms. The summed E-state index contributed by atoms with van der Waals surface area (Å²) in [7, 11) is -3.61. The summed E-state index contributed by atoms with van der Waals surface area (Å²) in [6.45, 7) is 6.34. The molecule has 6 heteroatoms. The van der Waals surface area contributed by atoms with Gasteiger partial charge < -0.3 is 5.32 Å². The number of benzene rings is 2. The predicted octanol–water partition coefficient (Wildman–Crippen LogP) is 3.65. The van der Waals surface area contributed by atoms with E-state index in [0.29, 0.717) is 24.3 Å². The summed E-state index contributed by atoms with van der Waals surface area (Å²) in [6.07, 6.45) is 1.37. The molecule has 1 saturated heterocycles. The van der Waals surface area contributed by atoms with Crippen LogP contribution in [-0.4, -0.2) is 31.7 Å². The van der Waals surface area contributed by atoms with Gasteiger partial charge in [-0.3, -0.25) is 4.79 Å². The van der Waals surface area contributed by atoms with Crippen molar-refractivity contribution in [3.63, 3.8) is 0 Å². The van der Waals surface area contributed by atoms with Crippen LogP contribution >= 0.6 is 0 Å². The molecule has 27 heavy (non-hydrogen) atoms. The van der Waals surface area contributed by atoms with E-state index < -0.39 is 10.0 Å². The van der Waals surface area contributed by atoms with Crippen molar-refractivity contribution in [2.24, 2.45) is 5.92 Å². The molecule has 1 atom stereocenters. The molecular weight excluding hydrogens is 360 g/mol. The molecule has 1 N–H and O–H groups in total. The minimum absolute atomic E-state index is 0.125. The average molecular weight is 387 g/mol. The number of nitrogens with one attached hydrogen (secondary N) is 1. The van der Waals surface area contributed by atoms with Gasteiger partial charge in [0, 0.05) is 18.8 Å². The Morgan fingerprint density at radius 3 is 2.41 bits per heavy atom. The lowest BCUT2D eigenvalue weighted by Crippen LogP contribution is -2.43. The van der Waals surface area contributed by atoms with Crippen LogP contribution in [-0.2, 0) is 14.8 Å². The van der Waals surface area contributed by atoms with E-state index in [-0.39, 0.29) is 18.4 Å². The zero-order valence-electron chi connectivity index (χ0n) is 16.0. The molecule has 1 amide bonds. The van der Waals surface area contributed by atoms with Gasteiger partial charge in [-0.05, 0) is 62.9 Å². The Balaban J connectivity index is 1.76. The van der Waals surface area contributed by atoms with Gasteiger partial charge in [0.1, 0.15) is 0 Å². The number of nitrogens with zero attached hydrogens (tertiary/aromatic N) is 1. The molecule has 1 fully saturated rings. The maximum absolute atomic E-state index is 13.1. The predicted molar refractivity (Wildman–Crippen MR) is 107 cm³/mol. The van der Waals surface area contributed by atoms with E-state index in [4.69, 9.17) is 0 Å². The highest BCUT2D eigenvalue weighted by Gasteiger charge is 2.34. The van der Waals surface area contributed by atoms with Crippen LogP contribution in [0.5, 0.6) is 0 Å². The Morgan fingerprint density at radius 2 is 1.70 bits per heavy atom. The van der Waals surface area contributed by atoms with Crippen molar-refractivity contribution in [1.29, 1.82) is 0 Å². The number of carbonyl (C=O) groups is 1. The van der Waals surface area contributed by atoms with Gasteiger partial charge in [0.2, 0.25) is 15.9 Å². The Bertz CT molecular complexity index is 936. The van der Waals surface area contributed by atoms with Gasteiger partial charge in [-0.25, -0.2) is 8.42 Å². The fourth-order valence-electron chi connectivity index (χ4n) is 3.38. The Hall–Kier alpha value is -2.18. The summed E-state index contributed by atoms with van der Waals surface area (Å²) in [5, 5.41) is 2.91. The summed E-state index contributed by atoms with van der Waals surface area (Å²) in [5.74, 6) is -0.473. The third-order valence-electron chi connectivity index (χ3n) is 5.04. The zero-order valence-corrected chi connectivity index (χ0v) is 16.8. The molecule has 1 heterocycles. The van der Waals surface area contributed by atoms with Gasteiger partial charge >= 0.3 is 0 Å².